The number of nitrogens with one attached hydrogen (secondary N) is 1. The summed E-state index contributed by atoms with van der Waals surface area (Å²) in [5, 5.41) is 11.2. The summed E-state index contributed by atoms with van der Waals surface area (Å²) in [6.45, 7) is 0.296. The average molecular weight is 493 g/mol. The number of benzene rings is 2. The molecular formula is C21H21FN4O5S2. The Hall–Kier alpha value is -3.09. The second kappa shape index (κ2) is 9.41. The standard InChI is InChI=1S/C21H21FN4O5S2/c1-30-15-9-10-17(31-2)18(12-15)33(28,29)26-11-3-4-16(26)20-24-25-21(32-20)19(27)23-14-7-5-13(22)6-8-14/h5-10,12,16H,3-4,11H2,1-2H3,(H,23,27). The summed E-state index contributed by atoms with van der Waals surface area (Å²) < 4.78 is 51.9. The first-order chi connectivity index (χ1) is 15.8. The molecule has 1 saturated heterocycles. The zero-order chi connectivity index (χ0) is 23.6. The lowest BCUT2D eigenvalue weighted by molar-refractivity contribution is 0.102. The van der Waals surface area contributed by atoms with Crippen molar-refractivity contribution in [1.82, 2.24) is 14.5 Å². The van der Waals surface area contributed by atoms with Gasteiger partial charge in [0.05, 0.1) is 20.3 Å². The summed E-state index contributed by atoms with van der Waals surface area (Å²) >= 11 is 1.02. The maximum Gasteiger partial charge on any atom is 0.286 e. The molecule has 1 atom stereocenters. The van der Waals surface area contributed by atoms with E-state index in [1.165, 1.54) is 48.9 Å². The second-order valence-electron chi connectivity index (χ2n) is 7.20. The van der Waals surface area contributed by atoms with Crippen LogP contribution in [0.5, 0.6) is 11.5 Å². The molecule has 3 aromatic rings. The monoisotopic (exact) mass is 492 g/mol. The van der Waals surface area contributed by atoms with Crippen LogP contribution in [-0.2, 0) is 10.0 Å². The molecule has 9 nitrogen and oxygen atoms in total. The number of amides is 1. The maximum absolute atomic E-state index is 13.5. The van der Waals surface area contributed by atoms with Gasteiger partial charge in [0.25, 0.3) is 5.91 Å². The number of anilines is 1. The Balaban J connectivity index is 1.58. The van der Waals surface area contributed by atoms with Crippen LogP contribution in [0.15, 0.2) is 47.4 Å². The lowest BCUT2D eigenvalue weighted by Crippen LogP contribution is -2.31. The van der Waals surface area contributed by atoms with Gasteiger partial charge >= 0.3 is 0 Å². The predicted molar refractivity (Wildman–Crippen MR) is 120 cm³/mol. The SMILES string of the molecule is COc1ccc(OC)c(S(=O)(=O)N2CCCC2c2nnc(C(=O)Nc3ccc(F)cc3)s2)c1. The topological polar surface area (TPSA) is 111 Å². The molecule has 0 spiro atoms. The highest BCUT2D eigenvalue weighted by molar-refractivity contribution is 7.89. The third-order valence-electron chi connectivity index (χ3n) is 5.18. The van der Waals surface area contributed by atoms with Crippen LogP contribution in [0.1, 0.15) is 33.7 Å². The predicted octanol–water partition coefficient (Wildman–Crippen LogP) is 3.47. The minimum absolute atomic E-state index is 0.00459. The van der Waals surface area contributed by atoms with Gasteiger partial charge in [-0.3, -0.25) is 4.79 Å². The van der Waals surface area contributed by atoms with E-state index in [-0.39, 0.29) is 15.7 Å². The first-order valence-electron chi connectivity index (χ1n) is 9.97. The van der Waals surface area contributed by atoms with Crippen LogP contribution in [-0.4, -0.2) is 49.6 Å². The number of ether oxygens (including phenoxy) is 2. The number of hydrogen-bond acceptors (Lipinski definition) is 8. The van der Waals surface area contributed by atoms with E-state index in [1.54, 1.807) is 12.1 Å². The molecule has 4 rings (SSSR count). The molecule has 0 radical (unpaired) electrons. The molecule has 2 aromatic carbocycles. The molecular weight excluding hydrogens is 471 g/mol. The van der Waals surface area contributed by atoms with Crippen molar-refractivity contribution < 1.29 is 27.1 Å². The van der Waals surface area contributed by atoms with E-state index in [0.29, 0.717) is 35.8 Å². The van der Waals surface area contributed by atoms with Gasteiger partial charge in [-0.1, -0.05) is 11.3 Å². The van der Waals surface area contributed by atoms with E-state index >= 15 is 0 Å². The molecule has 12 heteroatoms. The van der Waals surface area contributed by atoms with Crippen molar-refractivity contribution >= 4 is 33.0 Å². The quantitative estimate of drug-likeness (QED) is 0.538. The number of aromatic nitrogens is 2. The average Bonchev–Trinajstić information content (AvgIpc) is 3.50. The molecule has 2 heterocycles. The molecule has 0 aliphatic carbocycles. The molecule has 0 saturated carbocycles. The fraction of sp³-hybridized carbons (Fsp3) is 0.286. The third kappa shape index (κ3) is 4.68. The maximum atomic E-state index is 13.5. The Morgan fingerprint density at radius 2 is 1.91 bits per heavy atom. The summed E-state index contributed by atoms with van der Waals surface area (Å²) in [6.07, 6.45) is 1.17. The van der Waals surface area contributed by atoms with Gasteiger partial charge < -0.3 is 14.8 Å². The van der Waals surface area contributed by atoms with Crippen LogP contribution in [0.4, 0.5) is 10.1 Å². The Labute approximate surface area is 194 Å². The van der Waals surface area contributed by atoms with Crippen molar-refractivity contribution in [3.8, 4) is 11.5 Å². The molecule has 1 fully saturated rings. The fourth-order valence-electron chi connectivity index (χ4n) is 3.57. The van der Waals surface area contributed by atoms with Gasteiger partial charge in [-0.2, -0.15) is 4.31 Å². The Morgan fingerprint density at radius 1 is 1.15 bits per heavy atom. The van der Waals surface area contributed by atoms with Gasteiger partial charge in [0, 0.05) is 18.3 Å². The molecule has 0 bridgehead atoms. The lowest BCUT2D eigenvalue weighted by atomic mass is 10.2. The Morgan fingerprint density at radius 3 is 2.61 bits per heavy atom. The third-order valence-corrected chi connectivity index (χ3v) is 8.14. The van der Waals surface area contributed by atoms with E-state index in [0.717, 1.165) is 11.3 Å². The smallest absolute Gasteiger partial charge is 0.286 e. The van der Waals surface area contributed by atoms with Crippen molar-refractivity contribution in [2.45, 2.75) is 23.8 Å². The number of carbonyl (C=O) groups is 1. The molecule has 1 aliphatic rings. The molecule has 1 aliphatic heterocycles. The molecule has 1 aromatic heterocycles. The van der Waals surface area contributed by atoms with Crippen LogP contribution in [0, 0.1) is 5.82 Å². The number of sulfonamides is 1. The van der Waals surface area contributed by atoms with Crippen molar-refractivity contribution in [2.75, 3.05) is 26.1 Å². The van der Waals surface area contributed by atoms with Gasteiger partial charge in [-0.25, -0.2) is 12.8 Å². The number of nitrogens with zero attached hydrogens (tertiary/aromatic N) is 3. The van der Waals surface area contributed by atoms with E-state index in [9.17, 15) is 17.6 Å². The number of rotatable bonds is 7. The van der Waals surface area contributed by atoms with E-state index in [1.807, 2.05) is 0 Å². The zero-order valence-electron chi connectivity index (χ0n) is 17.8. The molecule has 1 unspecified atom stereocenters. The van der Waals surface area contributed by atoms with Crippen molar-refractivity contribution in [3.05, 3.63) is 58.3 Å². The normalized spacial score (nSPS) is 16.5. The van der Waals surface area contributed by atoms with Crippen LogP contribution in [0.2, 0.25) is 0 Å². The molecule has 33 heavy (non-hydrogen) atoms. The summed E-state index contributed by atoms with van der Waals surface area (Å²) in [5.41, 5.74) is 0.411. The lowest BCUT2D eigenvalue weighted by Gasteiger charge is -2.23. The summed E-state index contributed by atoms with van der Waals surface area (Å²) in [6, 6.07) is 9.35. The minimum Gasteiger partial charge on any atom is -0.497 e. The van der Waals surface area contributed by atoms with Crippen molar-refractivity contribution in [1.29, 1.82) is 0 Å². The Bertz CT molecular complexity index is 1260. The fourth-order valence-corrected chi connectivity index (χ4v) is 6.35. The second-order valence-corrected chi connectivity index (χ2v) is 10.1. The minimum atomic E-state index is -3.94. The van der Waals surface area contributed by atoms with Crippen molar-refractivity contribution in [3.63, 3.8) is 0 Å². The highest BCUT2D eigenvalue weighted by Crippen LogP contribution is 2.40. The highest BCUT2D eigenvalue weighted by atomic mass is 32.2. The van der Waals surface area contributed by atoms with Gasteiger partial charge in [-0.05, 0) is 49.2 Å². The zero-order valence-corrected chi connectivity index (χ0v) is 19.5. The van der Waals surface area contributed by atoms with Crippen LogP contribution < -0.4 is 14.8 Å². The number of hydrogen-bond donors (Lipinski definition) is 1. The van der Waals surface area contributed by atoms with E-state index in [2.05, 4.69) is 15.5 Å². The van der Waals surface area contributed by atoms with E-state index in [4.69, 9.17) is 9.47 Å². The Kier molecular flexibility index (Phi) is 6.58. The largest absolute Gasteiger partial charge is 0.497 e. The first-order valence-corrected chi connectivity index (χ1v) is 12.2. The number of halogens is 1. The summed E-state index contributed by atoms with van der Waals surface area (Å²) in [7, 11) is -1.09. The molecule has 174 valence electrons. The summed E-state index contributed by atoms with van der Waals surface area (Å²) in [5.74, 6) is -0.326. The molecule has 1 amide bonds. The first kappa shape index (κ1) is 23.1. The van der Waals surface area contributed by atoms with Gasteiger partial charge in [0.2, 0.25) is 15.0 Å². The van der Waals surface area contributed by atoms with Crippen LogP contribution in [0.3, 0.4) is 0 Å². The highest BCUT2D eigenvalue weighted by Gasteiger charge is 2.40. The van der Waals surface area contributed by atoms with Crippen molar-refractivity contribution in [2.24, 2.45) is 0 Å². The number of methoxy groups -OCH3 is 2. The molecule has 1 N–H and O–H groups in total. The summed E-state index contributed by atoms with van der Waals surface area (Å²) in [4.78, 5) is 12.5. The van der Waals surface area contributed by atoms with Gasteiger partial charge in [0.1, 0.15) is 27.2 Å². The van der Waals surface area contributed by atoms with Gasteiger partial charge in [0.15, 0.2) is 0 Å². The van der Waals surface area contributed by atoms with Crippen LogP contribution >= 0.6 is 11.3 Å². The number of carbonyl (C=O) groups excluding carboxylic acids is 1. The van der Waals surface area contributed by atoms with Gasteiger partial charge in [-0.15, -0.1) is 10.2 Å². The van der Waals surface area contributed by atoms with E-state index < -0.39 is 27.8 Å². The van der Waals surface area contributed by atoms with Crippen LogP contribution in [0.25, 0.3) is 0 Å².